The van der Waals surface area contributed by atoms with Crippen LogP contribution in [0.2, 0.25) is 0 Å². The molecule has 4 aliphatic heterocycles. The Morgan fingerprint density at radius 1 is 1.32 bits per heavy atom. The first-order valence-electron chi connectivity index (χ1n) is 7.65. The number of hydrogen-bond donors (Lipinski definition) is 1. The van der Waals surface area contributed by atoms with Crippen molar-refractivity contribution in [2.75, 3.05) is 45.9 Å². The maximum Gasteiger partial charge on any atom is 0.324 e. The molecule has 2 atom stereocenters. The van der Waals surface area contributed by atoms with Gasteiger partial charge in [0.2, 0.25) is 0 Å². The number of nitrogens with one attached hydrogen (secondary N) is 1. The summed E-state index contributed by atoms with van der Waals surface area (Å²) in [6.07, 6.45) is 2.59. The molecule has 2 unspecified atom stereocenters. The third kappa shape index (κ3) is 2.64. The predicted molar refractivity (Wildman–Crippen MR) is 72.9 cm³/mol. The van der Waals surface area contributed by atoms with Crippen molar-refractivity contribution < 1.29 is 9.53 Å². The maximum atomic E-state index is 12.1. The van der Waals surface area contributed by atoms with Gasteiger partial charge in [0.25, 0.3) is 0 Å². The Balaban J connectivity index is 1.71. The van der Waals surface area contributed by atoms with E-state index in [-0.39, 0.29) is 12.0 Å². The third-order valence-electron chi connectivity index (χ3n) is 4.89. The first-order valence-corrected chi connectivity index (χ1v) is 7.65. The maximum absolute atomic E-state index is 12.1. The molecule has 108 valence electrons. The molecule has 0 aromatic rings. The van der Waals surface area contributed by atoms with E-state index in [2.05, 4.69) is 15.1 Å². The molecule has 0 aliphatic carbocycles. The lowest BCUT2D eigenvalue weighted by Crippen LogP contribution is -2.65. The summed E-state index contributed by atoms with van der Waals surface area (Å²) in [7, 11) is 0. The first-order chi connectivity index (χ1) is 9.29. The van der Waals surface area contributed by atoms with E-state index in [1.54, 1.807) is 0 Å². The largest absolute Gasteiger partial charge is 0.465 e. The monoisotopic (exact) mass is 267 g/mol. The second-order valence-electron chi connectivity index (χ2n) is 5.92. The van der Waals surface area contributed by atoms with Gasteiger partial charge in [0.05, 0.1) is 6.61 Å². The zero-order valence-electron chi connectivity index (χ0n) is 11.8. The highest BCUT2D eigenvalue weighted by molar-refractivity contribution is 5.76. The average molecular weight is 267 g/mol. The highest BCUT2D eigenvalue weighted by atomic mass is 16.5. The van der Waals surface area contributed by atoms with E-state index in [0.717, 1.165) is 32.1 Å². The van der Waals surface area contributed by atoms with Gasteiger partial charge in [-0.1, -0.05) is 0 Å². The molecule has 0 spiro atoms. The van der Waals surface area contributed by atoms with Gasteiger partial charge in [-0.3, -0.25) is 9.69 Å². The summed E-state index contributed by atoms with van der Waals surface area (Å²) < 4.78 is 5.25. The standard InChI is InChI=1S/C14H25N3O2/c1-2-19-14(18)12-9-15-5-8-17(12)13-10-16-6-3-11(13)4-7-16/h11-13,15H,2-10H2,1H3. The van der Waals surface area contributed by atoms with Gasteiger partial charge in [0.1, 0.15) is 6.04 Å². The van der Waals surface area contributed by atoms with Crippen molar-refractivity contribution >= 4 is 5.97 Å². The van der Waals surface area contributed by atoms with E-state index in [4.69, 9.17) is 4.74 Å². The number of piperidine rings is 3. The molecule has 4 heterocycles. The molecule has 4 aliphatic rings. The fraction of sp³-hybridized carbons (Fsp3) is 0.929. The molecule has 0 saturated carbocycles. The predicted octanol–water partition coefficient (Wildman–Crippen LogP) is -0.0825. The quantitative estimate of drug-likeness (QED) is 0.725. The van der Waals surface area contributed by atoms with Crippen LogP contribution in [0.3, 0.4) is 0 Å². The molecule has 0 amide bonds. The van der Waals surface area contributed by atoms with Crippen LogP contribution in [0.15, 0.2) is 0 Å². The fourth-order valence-electron chi connectivity index (χ4n) is 3.88. The van der Waals surface area contributed by atoms with Gasteiger partial charge >= 0.3 is 5.97 Å². The zero-order valence-corrected chi connectivity index (χ0v) is 11.8. The van der Waals surface area contributed by atoms with Crippen LogP contribution in [0.25, 0.3) is 0 Å². The Morgan fingerprint density at radius 2 is 2.11 bits per heavy atom. The fourth-order valence-corrected chi connectivity index (χ4v) is 3.88. The molecule has 4 fully saturated rings. The van der Waals surface area contributed by atoms with E-state index in [1.807, 2.05) is 6.92 Å². The minimum atomic E-state index is -0.0840. The smallest absolute Gasteiger partial charge is 0.324 e. The van der Waals surface area contributed by atoms with Gasteiger partial charge in [0, 0.05) is 32.2 Å². The van der Waals surface area contributed by atoms with Gasteiger partial charge in [0.15, 0.2) is 0 Å². The van der Waals surface area contributed by atoms with Crippen LogP contribution in [0.4, 0.5) is 0 Å². The summed E-state index contributed by atoms with van der Waals surface area (Å²) in [4.78, 5) is 17.1. The van der Waals surface area contributed by atoms with Crippen molar-refractivity contribution in [1.29, 1.82) is 0 Å². The molecule has 4 saturated heterocycles. The Bertz CT molecular complexity index is 329. The van der Waals surface area contributed by atoms with Crippen molar-refractivity contribution in [2.24, 2.45) is 5.92 Å². The van der Waals surface area contributed by atoms with Crippen LogP contribution in [-0.4, -0.2) is 73.7 Å². The highest BCUT2D eigenvalue weighted by Crippen LogP contribution is 2.32. The van der Waals surface area contributed by atoms with E-state index >= 15 is 0 Å². The van der Waals surface area contributed by atoms with Gasteiger partial charge < -0.3 is 15.0 Å². The van der Waals surface area contributed by atoms with E-state index < -0.39 is 0 Å². The SMILES string of the molecule is CCOC(=O)C1CNCCN1C1CN2CCC1CC2. The summed E-state index contributed by atoms with van der Waals surface area (Å²) in [5.74, 6) is 0.728. The lowest BCUT2D eigenvalue weighted by molar-refractivity contribution is -0.153. The minimum Gasteiger partial charge on any atom is -0.465 e. The number of carbonyl (C=O) groups is 1. The van der Waals surface area contributed by atoms with Crippen molar-refractivity contribution in [1.82, 2.24) is 15.1 Å². The summed E-state index contributed by atoms with van der Waals surface area (Å²) in [5.41, 5.74) is 0. The molecular weight excluding hydrogens is 242 g/mol. The molecule has 0 aromatic carbocycles. The van der Waals surface area contributed by atoms with Gasteiger partial charge in [-0.15, -0.1) is 0 Å². The number of nitrogens with zero attached hydrogens (tertiary/aromatic N) is 2. The molecule has 19 heavy (non-hydrogen) atoms. The summed E-state index contributed by atoms with van der Waals surface area (Å²) in [6.45, 7) is 8.69. The second-order valence-corrected chi connectivity index (χ2v) is 5.92. The highest BCUT2D eigenvalue weighted by Gasteiger charge is 2.42. The number of esters is 1. The topological polar surface area (TPSA) is 44.8 Å². The number of piperazine rings is 1. The van der Waals surface area contributed by atoms with Crippen molar-refractivity contribution in [2.45, 2.75) is 31.8 Å². The minimum absolute atomic E-state index is 0.0499. The van der Waals surface area contributed by atoms with Gasteiger partial charge in [-0.2, -0.15) is 0 Å². The number of rotatable bonds is 3. The second kappa shape index (κ2) is 5.77. The normalized spacial score (nSPS) is 39.2. The number of ether oxygens (including phenoxy) is 1. The molecule has 5 heteroatoms. The average Bonchev–Trinajstić information content (AvgIpc) is 2.48. The molecule has 4 rings (SSSR count). The Labute approximate surface area is 115 Å². The number of hydrogen-bond acceptors (Lipinski definition) is 5. The molecule has 5 nitrogen and oxygen atoms in total. The van der Waals surface area contributed by atoms with E-state index in [1.165, 1.54) is 25.9 Å². The molecule has 0 aromatic heterocycles. The Hall–Kier alpha value is -0.650. The van der Waals surface area contributed by atoms with Crippen LogP contribution in [0.1, 0.15) is 19.8 Å². The van der Waals surface area contributed by atoms with Gasteiger partial charge in [-0.05, 0) is 38.8 Å². The summed E-state index contributed by atoms with van der Waals surface area (Å²) in [5, 5.41) is 3.33. The zero-order chi connectivity index (χ0) is 13.2. The van der Waals surface area contributed by atoms with Crippen molar-refractivity contribution in [3.8, 4) is 0 Å². The molecule has 1 N–H and O–H groups in total. The molecule has 0 radical (unpaired) electrons. The van der Waals surface area contributed by atoms with Crippen LogP contribution < -0.4 is 5.32 Å². The molecular formula is C14H25N3O2. The van der Waals surface area contributed by atoms with E-state index in [0.29, 0.717) is 12.6 Å². The number of fused-ring (bicyclic) bond motifs is 3. The lowest BCUT2D eigenvalue weighted by Gasteiger charge is -2.51. The Morgan fingerprint density at radius 3 is 2.74 bits per heavy atom. The molecule has 2 bridgehead atoms. The van der Waals surface area contributed by atoms with Crippen LogP contribution in [-0.2, 0) is 9.53 Å². The van der Waals surface area contributed by atoms with Crippen molar-refractivity contribution in [3.05, 3.63) is 0 Å². The van der Waals surface area contributed by atoms with Crippen LogP contribution in [0, 0.1) is 5.92 Å². The lowest BCUT2D eigenvalue weighted by atomic mass is 9.82. The van der Waals surface area contributed by atoms with Crippen LogP contribution in [0.5, 0.6) is 0 Å². The number of carbonyl (C=O) groups excluding carboxylic acids is 1. The first kappa shape index (κ1) is 13.3. The van der Waals surface area contributed by atoms with E-state index in [9.17, 15) is 4.79 Å². The summed E-state index contributed by atoms with van der Waals surface area (Å²) >= 11 is 0. The van der Waals surface area contributed by atoms with Gasteiger partial charge in [-0.25, -0.2) is 0 Å². The summed E-state index contributed by atoms with van der Waals surface area (Å²) in [6, 6.07) is 0.471. The third-order valence-corrected chi connectivity index (χ3v) is 4.89. The Kier molecular flexibility index (Phi) is 4.05. The van der Waals surface area contributed by atoms with Crippen LogP contribution >= 0.6 is 0 Å². The van der Waals surface area contributed by atoms with Crippen molar-refractivity contribution in [3.63, 3.8) is 0 Å².